The minimum absolute atomic E-state index is 0.0774. The monoisotopic (exact) mass is 251 g/mol. The summed E-state index contributed by atoms with van der Waals surface area (Å²) in [6.45, 7) is 2.95. The van der Waals surface area contributed by atoms with E-state index in [1.807, 2.05) is 6.07 Å². The third-order valence-corrected chi connectivity index (χ3v) is 2.11. The van der Waals surface area contributed by atoms with Gasteiger partial charge >= 0.3 is 5.69 Å². The zero-order valence-electron chi connectivity index (χ0n) is 9.73. The van der Waals surface area contributed by atoms with Crippen molar-refractivity contribution in [3.8, 4) is 6.07 Å². The summed E-state index contributed by atoms with van der Waals surface area (Å²) < 4.78 is 13.1. The number of hydrogen-bond acceptors (Lipinski definition) is 4. The van der Waals surface area contributed by atoms with Crippen molar-refractivity contribution in [3.05, 3.63) is 39.7 Å². The molecule has 0 heterocycles. The summed E-state index contributed by atoms with van der Waals surface area (Å²) in [7, 11) is 0. The van der Waals surface area contributed by atoms with Crippen LogP contribution in [0.2, 0.25) is 0 Å². The van der Waals surface area contributed by atoms with E-state index in [2.05, 4.69) is 5.32 Å². The van der Waals surface area contributed by atoms with Crippen molar-refractivity contribution in [2.75, 3.05) is 0 Å². The Kier molecular flexibility index (Phi) is 3.61. The molecule has 1 aromatic carbocycles. The van der Waals surface area contributed by atoms with Gasteiger partial charge in [0.2, 0.25) is 5.82 Å². The van der Waals surface area contributed by atoms with Gasteiger partial charge in [-0.2, -0.15) is 9.65 Å². The first-order chi connectivity index (χ1) is 8.26. The summed E-state index contributed by atoms with van der Waals surface area (Å²) in [6.07, 6.45) is 0. The number of nitro benzene ring substituents is 1. The van der Waals surface area contributed by atoms with Crippen molar-refractivity contribution in [1.29, 1.82) is 5.26 Å². The fourth-order valence-electron chi connectivity index (χ4n) is 1.18. The summed E-state index contributed by atoms with van der Waals surface area (Å²) in [5.74, 6) is -1.69. The van der Waals surface area contributed by atoms with Gasteiger partial charge in [0.25, 0.3) is 5.91 Å². The van der Waals surface area contributed by atoms with E-state index in [1.165, 1.54) is 13.8 Å². The highest BCUT2D eigenvalue weighted by Crippen LogP contribution is 2.18. The Morgan fingerprint density at radius 1 is 1.56 bits per heavy atom. The molecule has 94 valence electrons. The van der Waals surface area contributed by atoms with Crippen LogP contribution in [0.5, 0.6) is 0 Å². The van der Waals surface area contributed by atoms with E-state index in [-0.39, 0.29) is 5.56 Å². The maximum atomic E-state index is 13.1. The third kappa shape index (κ3) is 3.01. The minimum atomic E-state index is -1.11. The molecule has 1 aromatic rings. The lowest BCUT2D eigenvalue weighted by molar-refractivity contribution is -0.387. The molecule has 18 heavy (non-hydrogen) atoms. The van der Waals surface area contributed by atoms with Gasteiger partial charge in [0.1, 0.15) is 5.54 Å². The van der Waals surface area contributed by atoms with Gasteiger partial charge in [0.05, 0.1) is 11.0 Å². The van der Waals surface area contributed by atoms with Crippen LogP contribution in [0.3, 0.4) is 0 Å². The zero-order valence-corrected chi connectivity index (χ0v) is 9.73. The lowest BCUT2D eigenvalue weighted by Gasteiger charge is -2.17. The van der Waals surface area contributed by atoms with Crippen LogP contribution < -0.4 is 5.32 Å². The Balaban J connectivity index is 3.06. The number of nitriles is 1. The normalized spacial score (nSPS) is 10.6. The van der Waals surface area contributed by atoms with Crippen LogP contribution in [0.4, 0.5) is 10.1 Å². The van der Waals surface area contributed by atoms with E-state index in [4.69, 9.17) is 5.26 Å². The Morgan fingerprint density at radius 2 is 2.17 bits per heavy atom. The average Bonchev–Trinajstić information content (AvgIpc) is 2.28. The minimum Gasteiger partial charge on any atom is -0.334 e. The van der Waals surface area contributed by atoms with Crippen molar-refractivity contribution < 1.29 is 14.1 Å². The Hall–Kier alpha value is -2.49. The summed E-state index contributed by atoms with van der Waals surface area (Å²) in [5, 5.41) is 21.6. The van der Waals surface area contributed by atoms with Crippen LogP contribution in [-0.2, 0) is 0 Å². The molecule has 0 saturated carbocycles. The Bertz CT molecular complexity index is 549. The number of carbonyl (C=O) groups is 1. The van der Waals surface area contributed by atoms with Crippen molar-refractivity contribution in [2.24, 2.45) is 0 Å². The number of halogens is 1. The fourth-order valence-corrected chi connectivity index (χ4v) is 1.18. The lowest BCUT2D eigenvalue weighted by Crippen LogP contribution is -2.42. The predicted molar refractivity (Wildman–Crippen MR) is 60.2 cm³/mol. The van der Waals surface area contributed by atoms with E-state index in [9.17, 15) is 19.3 Å². The summed E-state index contributed by atoms with van der Waals surface area (Å²) >= 11 is 0. The Morgan fingerprint density at radius 3 is 2.67 bits per heavy atom. The van der Waals surface area contributed by atoms with Crippen molar-refractivity contribution in [2.45, 2.75) is 19.4 Å². The molecule has 7 heteroatoms. The topological polar surface area (TPSA) is 96.0 Å². The first-order valence-corrected chi connectivity index (χ1v) is 4.94. The van der Waals surface area contributed by atoms with E-state index < -0.39 is 27.9 Å². The molecule has 0 fully saturated rings. The molecule has 0 spiro atoms. The summed E-state index contributed by atoms with van der Waals surface area (Å²) in [4.78, 5) is 21.3. The first-order valence-electron chi connectivity index (χ1n) is 4.94. The van der Waals surface area contributed by atoms with Crippen molar-refractivity contribution in [3.63, 3.8) is 0 Å². The van der Waals surface area contributed by atoms with Gasteiger partial charge in [-0.05, 0) is 26.0 Å². The van der Waals surface area contributed by atoms with Crippen LogP contribution in [0.15, 0.2) is 18.2 Å². The molecule has 0 radical (unpaired) electrons. The first kappa shape index (κ1) is 13.6. The van der Waals surface area contributed by atoms with Crippen molar-refractivity contribution in [1.82, 2.24) is 5.32 Å². The molecule has 6 nitrogen and oxygen atoms in total. The molecule has 0 saturated heterocycles. The van der Waals surface area contributed by atoms with E-state index in [0.29, 0.717) is 0 Å². The smallest absolute Gasteiger partial charge is 0.305 e. The van der Waals surface area contributed by atoms with Crippen LogP contribution >= 0.6 is 0 Å². The second-order valence-corrected chi connectivity index (χ2v) is 4.11. The van der Waals surface area contributed by atoms with Gasteiger partial charge in [-0.1, -0.05) is 0 Å². The molecule has 0 aliphatic carbocycles. The second kappa shape index (κ2) is 4.79. The molecule has 1 rings (SSSR count). The van der Waals surface area contributed by atoms with Gasteiger partial charge < -0.3 is 5.32 Å². The largest absolute Gasteiger partial charge is 0.334 e. The molecule has 0 aromatic heterocycles. The number of benzene rings is 1. The number of carbonyl (C=O) groups excluding carboxylic acids is 1. The fraction of sp³-hybridized carbons (Fsp3) is 0.273. The van der Waals surface area contributed by atoms with Crippen LogP contribution in [0, 0.1) is 27.3 Å². The number of rotatable bonds is 3. The van der Waals surface area contributed by atoms with Crippen LogP contribution in [0.25, 0.3) is 0 Å². The highest BCUT2D eigenvalue weighted by Gasteiger charge is 2.22. The zero-order chi connectivity index (χ0) is 13.9. The second-order valence-electron chi connectivity index (χ2n) is 4.11. The lowest BCUT2D eigenvalue weighted by atomic mass is 10.1. The quantitative estimate of drug-likeness (QED) is 0.654. The predicted octanol–water partition coefficient (Wildman–Crippen LogP) is 1.77. The van der Waals surface area contributed by atoms with Gasteiger partial charge in [-0.3, -0.25) is 14.9 Å². The summed E-state index contributed by atoms with van der Waals surface area (Å²) in [6, 6.07) is 4.64. The molecular weight excluding hydrogens is 241 g/mol. The SMILES string of the molecule is CC(C)(C#N)NC(=O)c1ccc(F)c([N+](=O)[O-])c1. The van der Waals surface area contributed by atoms with Crippen LogP contribution in [-0.4, -0.2) is 16.4 Å². The molecule has 0 aliphatic heterocycles. The van der Waals surface area contributed by atoms with Crippen LogP contribution in [0.1, 0.15) is 24.2 Å². The number of nitrogens with one attached hydrogen (secondary N) is 1. The molecule has 1 amide bonds. The van der Waals surface area contributed by atoms with E-state index in [0.717, 1.165) is 18.2 Å². The molecule has 0 atom stereocenters. The summed E-state index contributed by atoms with van der Waals surface area (Å²) in [5.41, 5.74) is -1.97. The highest BCUT2D eigenvalue weighted by atomic mass is 19.1. The molecule has 0 aliphatic rings. The number of amides is 1. The third-order valence-electron chi connectivity index (χ3n) is 2.11. The number of nitro groups is 1. The van der Waals surface area contributed by atoms with Gasteiger partial charge in [-0.25, -0.2) is 0 Å². The molecule has 1 N–H and O–H groups in total. The van der Waals surface area contributed by atoms with E-state index >= 15 is 0 Å². The molecule has 0 unspecified atom stereocenters. The maximum Gasteiger partial charge on any atom is 0.305 e. The van der Waals surface area contributed by atoms with Crippen molar-refractivity contribution >= 4 is 11.6 Å². The standard InChI is InChI=1S/C11H10FN3O3/c1-11(2,6-13)14-10(16)7-3-4-8(12)9(5-7)15(17)18/h3-5H,1-2H3,(H,14,16). The van der Waals surface area contributed by atoms with Gasteiger partial charge in [-0.15, -0.1) is 0 Å². The highest BCUT2D eigenvalue weighted by molar-refractivity contribution is 5.95. The van der Waals surface area contributed by atoms with Gasteiger partial charge in [0, 0.05) is 11.6 Å². The van der Waals surface area contributed by atoms with E-state index in [1.54, 1.807) is 0 Å². The number of nitrogens with zero attached hydrogens (tertiary/aromatic N) is 2. The maximum absolute atomic E-state index is 13.1. The number of hydrogen-bond donors (Lipinski definition) is 1. The Labute approximate surface area is 102 Å². The molecular formula is C11H10FN3O3. The van der Waals surface area contributed by atoms with Gasteiger partial charge in [0.15, 0.2) is 0 Å². The average molecular weight is 251 g/mol. The molecule has 0 bridgehead atoms.